The molecule has 1 aliphatic heterocycles. The fraction of sp³-hybridized carbons (Fsp3) is 0.208. The van der Waals surface area contributed by atoms with Crippen molar-refractivity contribution in [3.8, 4) is 16.9 Å². The first-order chi connectivity index (χ1) is 15.4. The molecular weight excluding hydrogens is 428 g/mol. The average Bonchev–Trinajstić information content (AvgIpc) is 3.24. The van der Waals surface area contributed by atoms with Crippen molar-refractivity contribution in [2.45, 2.75) is 19.9 Å². The van der Waals surface area contributed by atoms with E-state index in [4.69, 9.17) is 21.4 Å². The van der Waals surface area contributed by atoms with Crippen LogP contribution < -0.4 is 5.32 Å². The standard InChI is InChI=1S/C24H23ClN4O3/c1-4-32-23(30)20-15(2)28(3)24(31)26-22(20)19-14-29(18-8-6-5-7-9-18)27-21(19)16-10-12-17(25)13-11-16/h5-14,22H,4H2,1-3H3,(H,26,31)/t22-/m0/s1. The summed E-state index contributed by atoms with van der Waals surface area (Å²) >= 11 is 6.09. The summed E-state index contributed by atoms with van der Waals surface area (Å²) in [7, 11) is 1.62. The van der Waals surface area contributed by atoms with E-state index in [9.17, 15) is 9.59 Å². The highest BCUT2D eigenvalue weighted by Gasteiger charge is 2.37. The summed E-state index contributed by atoms with van der Waals surface area (Å²) in [5.41, 5.74) is 3.89. The predicted molar refractivity (Wildman–Crippen MR) is 122 cm³/mol. The molecular formula is C24H23ClN4O3. The molecule has 4 rings (SSSR count). The Labute approximate surface area is 191 Å². The van der Waals surface area contributed by atoms with Crippen LogP contribution in [0.3, 0.4) is 0 Å². The van der Waals surface area contributed by atoms with Gasteiger partial charge in [-0.25, -0.2) is 14.3 Å². The number of rotatable bonds is 5. The van der Waals surface area contributed by atoms with Gasteiger partial charge in [-0.05, 0) is 38.1 Å². The van der Waals surface area contributed by atoms with Crippen LogP contribution in [0.1, 0.15) is 25.5 Å². The smallest absolute Gasteiger partial charge is 0.338 e. The van der Waals surface area contributed by atoms with Crippen molar-refractivity contribution in [2.75, 3.05) is 13.7 Å². The molecule has 0 saturated carbocycles. The number of nitrogens with zero attached hydrogens (tertiary/aromatic N) is 3. The minimum atomic E-state index is -0.721. The molecule has 0 unspecified atom stereocenters. The molecule has 2 heterocycles. The number of carbonyl (C=O) groups is 2. The first-order valence-corrected chi connectivity index (χ1v) is 10.6. The zero-order valence-electron chi connectivity index (χ0n) is 18.0. The van der Waals surface area contributed by atoms with Crippen LogP contribution in [0.2, 0.25) is 5.02 Å². The molecule has 1 aliphatic rings. The molecule has 2 amide bonds. The molecule has 0 bridgehead atoms. The molecule has 8 heteroatoms. The van der Waals surface area contributed by atoms with Crippen LogP contribution in [0.15, 0.2) is 72.1 Å². The third kappa shape index (κ3) is 3.99. The first kappa shape index (κ1) is 21.6. The minimum absolute atomic E-state index is 0.229. The maximum absolute atomic E-state index is 12.9. The van der Waals surface area contributed by atoms with Crippen LogP contribution in [0.5, 0.6) is 0 Å². The number of para-hydroxylation sites is 1. The summed E-state index contributed by atoms with van der Waals surface area (Å²) in [6.45, 7) is 3.72. The van der Waals surface area contributed by atoms with Crippen LogP contribution in [-0.4, -0.2) is 40.3 Å². The predicted octanol–water partition coefficient (Wildman–Crippen LogP) is 4.73. The number of esters is 1. The summed E-state index contributed by atoms with van der Waals surface area (Å²) in [5.74, 6) is -0.476. The molecule has 2 aromatic carbocycles. The van der Waals surface area contributed by atoms with Crippen molar-refractivity contribution < 1.29 is 14.3 Å². The number of halogens is 1. The van der Waals surface area contributed by atoms with Gasteiger partial charge in [0, 0.05) is 35.1 Å². The van der Waals surface area contributed by atoms with Crippen molar-refractivity contribution in [3.63, 3.8) is 0 Å². The van der Waals surface area contributed by atoms with Gasteiger partial charge in [-0.3, -0.25) is 0 Å². The van der Waals surface area contributed by atoms with E-state index in [1.807, 2.05) is 48.7 Å². The van der Waals surface area contributed by atoms with Crippen LogP contribution in [0, 0.1) is 0 Å². The summed E-state index contributed by atoms with van der Waals surface area (Å²) in [6, 6.07) is 15.9. The third-order valence-corrected chi connectivity index (χ3v) is 5.69. The molecule has 3 aromatic rings. The normalized spacial score (nSPS) is 16.2. The van der Waals surface area contributed by atoms with E-state index in [1.54, 1.807) is 37.7 Å². The first-order valence-electron chi connectivity index (χ1n) is 10.2. The highest BCUT2D eigenvalue weighted by atomic mass is 35.5. The maximum atomic E-state index is 12.9. The van der Waals surface area contributed by atoms with Gasteiger partial charge in [0.15, 0.2) is 0 Å². The van der Waals surface area contributed by atoms with E-state index >= 15 is 0 Å². The zero-order chi connectivity index (χ0) is 22.8. The van der Waals surface area contributed by atoms with Gasteiger partial charge in [0.05, 0.1) is 29.6 Å². The largest absolute Gasteiger partial charge is 0.463 e. The molecule has 164 valence electrons. The third-order valence-electron chi connectivity index (χ3n) is 5.44. The number of carbonyl (C=O) groups excluding carboxylic acids is 2. The molecule has 32 heavy (non-hydrogen) atoms. The highest BCUT2D eigenvalue weighted by Crippen LogP contribution is 2.36. The van der Waals surface area contributed by atoms with Gasteiger partial charge in [0.1, 0.15) is 0 Å². The number of allylic oxidation sites excluding steroid dienone is 1. The van der Waals surface area contributed by atoms with Crippen LogP contribution in [0.4, 0.5) is 4.79 Å². The Morgan fingerprint density at radius 2 is 1.84 bits per heavy atom. The van der Waals surface area contributed by atoms with E-state index < -0.39 is 12.0 Å². The number of hydrogen-bond donors (Lipinski definition) is 1. The lowest BCUT2D eigenvalue weighted by molar-refractivity contribution is -0.139. The zero-order valence-corrected chi connectivity index (χ0v) is 18.8. The summed E-state index contributed by atoms with van der Waals surface area (Å²) in [4.78, 5) is 27.0. The van der Waals surface area contributed by atoms with E-state index in [2.05, 4.69) is 5.32 Å². The second-order valence-electron chi connectivity index (χ2n) is 7.38. The van der Waals surface area contributed by atoms with Crippen LogP contribution in [-0.2, 0) is 9.53 Å². The summed E-state index contributed by atoms with van der Waals surface area (Å²) in [6.07, 6.45) is 1.84. The number of urea groups is 1. The van der Waals surface area contributed by atoms with Gasteiger partial charge in [-0.2, -0.15) is 5.10 Å². The Kier molecular flexibility index (Phi) is 6.01. The Morgan fingerprint density at radius 1 is 1.16 bits per heavy atom. The lowest BCUT2D eigenvalue weighted by Gasteiger charge is -2.33. The van der Waals surface area contributed by atoms with Crippen molar-refractivity contribution >= 4 is 23.6 Å². The van der Waals surface area contributed by atoms with Crippen molar-refractivity contribution in [2.24, 2.45) is 0 Å². The van der Waals surface area contributed by atoms with Gasteiger partial charge < -0.3 is 15.0 Å². The fourth-order valence-electron chi connectivity index (χ4n) is 3.69. The lowest BCUT2D eigenvalue weighted by atomic mass is 9.93. The highest BCUT2D eigenvalue weighted by molar-refractivity contribution is 6.30. The number of nitrogens with one attached hydrogen (secondary N) is 1. The van der Waals surface area contributed by atoms with E-state index in [1.165, 1.54) is 4.90 Å². The van der Waals surface area contributed by atoms with Gasteiger partial charge >= 0.3 is 12.0 Å². The topological polar surface area (TPSA) is 76.5 Å². The van der Waals surface area contributed by atoms with Gasteiger partial charge in [-0.1, -0.05) is 41.9 Å². The molecule has 0 fully saturated rings. The quantitative estimate of drug-likeness (QED) is 0.570. The number of amides is 2. The molecule has 1 atom stereocenters. The Morgan fingerprint density at radius 3 is 2.50 bits per heavy atom. The number of hydrogen-bond acceptors (Lipinski definition) is 4. The Bertz CT molecular complexity index is 1190. The molecule has 0 saturated heterocycles. The SMILES string of the molecule is CCOC(=O)C1=C(C)N(C)C(=O)N[C@H]1c1cn(-c2ccccc2)nc1-c1ccc(Cl)cc1. The maximum Gasteiger partial charge on any atom is 0.338 e. The van der Waals surface area contributed by atoms with Gasteiger partial charge in [-0.15, -0.1) is 0 Å². The fourth-order valence-corrected chi connectivity index (χ4v) is 3.81. The van der Waals surface area contributed by atoms with Crippen molar-refractivity contribution in [1.29, 1.82) is 0 Å². The Balaban J connectivity index is 1.92. The van der Waals surface area contributed by atoms with Crippen molar-refractivity contribution in [3.05, 3.63) is 82.7 Å². The van der Waals surface area contributed by atoms with Gasteiger partial charge in [0.2, 0.25) is 0 Å². The number of benzene rings is 2. The molecule has 0 radical (unpaired) electrons. The molecule has 1 aromatic heterocycles. The van der Waals surface area contributed by atoms with Crippen molar-refractivity contribution in [1.82, 2.24) is 20.0 Å². The lowest BCUT2D eigenvalue weighted by Crippen LogP contribution is -2.46. The van der Waals surface area contributed by atoms with Crippen LogP contribution in [0.25, 0.3) is 16.9 Å². The second-order valence-corrected chi connectivity index (χ2v) is 7.82. The summed E-state index contributed by atoms with van der Waals surface area (Å²) in [5, 5.41) is 8.34. The van der Waals surface area contributed by atoms with E-state index in [-0.39, 0.29) is 12.6 Å². The van der Waals surface area contributed by atoms with E-state index in [0.717, 1.165) is 11.3 Å². The molecule has 1 N–H and O–H groups in total. The van der Waals surface area contributed by atoms with Crippen LogP contribution >= 0.6 is 11.6 Å². The second kappa shape index (κ2) is 8.88. The minimum Gasteiger partial charge on any atom is -0.463 e. The monoisotopic (exact) mass is 450 g/mol. The van der Waals surface area contributed by atoms with E-state index in [0.29, 0.717) is 27.6 Å². The average molecular weight is 451 g/mol. The number of aromatic nitrogens is 2. The Hall–Kier alpha value is -3.58. The number of ether oxygens (including phenoxy) is 1. The van der Waals surface area contributed by atoms with Gasteiger partial charge in [0.25, 0.3) is 0 Å². The summed E-state index contributed by atoms with van der Waals surface area (Å²) < 4.78 is 7.06. The molecule has 0 spiro atoms. The molecule has 0 aliphatic carbocycles. The molecule has 7 nitrogen and oxygen atoms in total.